The first-order valence-electron chi connectivity index (χ1n) is 6.24. The quantitative estimate of drug-likeness (QED) is 0.866. The predicted octanol–water partition coefficient (Wildman–Crippen LogP) is 2.14. The van der Waals surface area contributed by atoms with Gasteiger partial charge in [0.25, 0.3) is 0 Å². The molecular weight excluding hydrogens is 214 g/mol. The summed E-state index contributed by atoms with van der Waals surface area (Å²) in [5, 5.41) is 9.29. The number of aliphatic carboxylic acids is 1. The highest BCUT2D eigenvalue weighted by Gasteiger charge is 2.51. The maximum absolute atomic E-state index is 11.3. The van der Waals surface area contributed by atoms with Crippen molar-refractivity contribution in [1.82, 2.24) is 4.90 Å². The molecule has 3 nitrogen and oxygen atoms in total. The van der Waals surface area contributed by atoms with Crippen LogP contribution in [0.4, 0.5) is 0 Å². The highest BCUT2D eigenvalue weighted by molar-refractivity contribution is 5.85. The summed E-state index contributed by atoms with van der Waals surface area (Å²) in [6.45, 7) is 5.18. The van der Waals surface area contributed by atoms with E-state index in [0.29, 0.717) is 0 Å². The summed E-state index contributed by atoms with van der Waals surface area (Å²) in [6.07, 6.45) is 1.58. The summed E-state index contributed by atoms with van der Waals surface area (Å²) in [7, 11) is 0. The fourth-order valence-corrected chi connectivity index (χ4v) is 2.74. The van der Waals surface area contributed by atoms with E-state index >= 15 is 0 Å². The van der Waals surface area contributed by atoms with Crippen LogP contribution in [0.2, 0.25) is 0 Å². The topological polar surface area (TPSA) is 40.5 Å². The van der Waals surface area contributed by atoms with Gasteiger partial charge >= 0.3 is 5.97 Å². The number of rotatable bonds is 3. The molecule has 0 atom stereocenters. The molecule has 17 heavy (non-hydrogen) atoms. The first-order chi connectivity index (χ1) is 8.15. The average Bonchev–Trinajstić information content (AvgIpc) is 3.03. The summed E-state index contributed by atoms with van der Waals surface area (Å²) in [4.78, 5) is 13.7. The third-order valence-electron chi connectivity index (χ3n) is 4.15. The van der Waals surface area contributed by atoms with Crippen molar-refractivity contribution >= 4 is 5.97 Å². The highest BCUT2D eigenvalue weighted by atomic mass is 16.4. The van der Waals surface area contributed by atoms with Crippen molar-refractivity contribution in [3.05, 3.63) is 34.9 Å². The lowest BCUT2D eigenvalue weighted by Crippen LogP contribution is -2.19. The molecule has 1 aliphatic heterocycles. The van der Waals surface area contributed by atoms with Gasteiger partial charge in [-0.3, -0.25) is 9.69 Å². The Morgan fingerprint density at radius 3 is 2.65 bits per heavy atom. The van der Waals surface area contributed by atoms with Crippen molar-refractivity contribution in [1.29, 1.82) is 0 Å². The Bertz CT molecular complexity index is 477. The minimum absolute atomic E-state index is 0.561. The van der Waals surface area contributed by atoms with Crippen LogP contribution in [0.15, 0.2) is 18.2 Å². The first-order valence-corrected chi connectivity index (χ1v) is 6.24. The third-order valence-corrected chi connectivity index (χ3v) is 4.15. The van der Waals surface area contributed by atoms with Crippen molar-refractivity contribution in [2.45, 2.75) is 38.3 Å². The van der Waals surface area contributed by atoms with E-state index in [1.54, 1.807) is 0 Å². The lowest BCUT2D eigenvalue weighted by atomic mass is 9.93. The van der Waals surface area contributed by atoms with Gasteiger partial charge in [-0.05, 0) is 36.1 Å². The molecule has 0 radical (unpaired) electrons. The maximum Gasteiger partial charge on any atom is 0.314 e. The maximum atomic E-state index is 11.3. The molecule has 1 N–H and O–H groups in total. The molecule has 0 aromatic heterocycles. The number of carboxylic acid groups (broad SMARTS) is 1. The molecule has 0 saturated heterocycles. The lowest BCUT2D eigenvalue weighted by Gasteiger charge is -2.11. The van der Waals surface area contributed by atoms with Gasteiger partial charge in [-0.2, -0.15) is 0 Å². The molecule has 0 unspecified atom stereocenters. The second-order valence-electron chi connectivity index (χ2n) is 5.17. The molecule has 1 heterocycles. The molecule has 2 aliphatic rings. The van der Waals surface area contributed by atoms with Gasteiger partial charge in [0, 0.05) is 13.1 Å². The average molecular weight is 231 g/mol. The molecule has 1 aromatic rings. The van der Waals surface area contributed by atoms with E-state index in [0.717, 1.165) is 38.0 Å². The summed E-state index contributed by atoms with van der Waals surface area (Å²) in [5.41, 5.74) is 3.12. The van der Waals surface area contributed by atoms with Gasteiger partial charge < -0.3 is 5.11 Å². The number of carbonyl (C=O) groups is 1. The molecule has 3 heteroatoms. The number of benzene rings is 1. The Morgan fingerprint density at radius 1 is 1.35 bits per heavy atom. The Morgan fingerprint density at radius 2 is 2.06 bits per heavy atom. The van der Waals surface area contributed by atoms with Crippen LogP contribution in [0.3, 0.4) is 0 Å². The van der Waals surface area contributed by atoms with E-state index in [2.05, 4.69) is 24.0 Å². The molecule has 1 aromatic carbocycles. The van der Waals surface area contributed by atoms with Crippen LogP contribution in [-0.2, 0) is 23.3 Å². The lowest BCUT2D eigenvalue weighted by molar-refractivity contribution is -0.140. The van der Waals surface area contributed by atoms with Crippen LogP contribution >= 0.6 is 0 Å². The van der Waals surface area contributed by atoms with Gasteiger partial charge in [-0.1, -0.05) is 25.1 Å². The SMILES string of the molecule is CCN1Cc2ccc(C3(C(=O)O)CC3)cc2C1. The van der Waals surface area contributed by atoms with Gasteiger partial charge in [0.1, 0.15) is 0 Å². The molecule has 0 amide bonds. The molecule has 90 valence electrons. The van der Waals surface area contributed by atoms with Gasteiger partial charge in [-0.15, -0.1) is 0 Å². The Kier molecular flexibility index (Phi) is 2.26. The molecule has 0 spiro atoms. The monoisotopic (exact) mass is 231 g/mol. The number of fused-ring (bicyclic) bond motifs is 1. The van der Waals surface area contributed by atoms with E-state index in [4.69, 9.17) is 0 Å². The van der Waals surface area contributed by atoms with Crippen LogP contribution in [-0.4, -0.2) is 22.5 Å². The second kappa shape index (κ2) is 3.57. The zero-order valence-corrected chi connectivity index (χ0v) is 10.1. The molecule has 1 fully saturated rings. The standard InChI is InChI=1S/C14H17NO2/c1-2-15-8-10-3-4-12(7-11(10)9-15)14(5-6-14)13(16)17/h3-4,7H,2,5-6,8-9H2,1H3,(H,16,17). The van der Waals surface area contributed by atoms with Crippen molar-refractivity contribution in [3.8, 4) is 0 Å². The summed E-state index contributed by atoms with van der Waals surface area (Å²) in [5.74, 6) is -0.664. The fraction of sp³-hybridized carbons (Fsp3) is 0.500. The van der Waals surface area contributed by atoms with Gasteiger partial charge in [0.2, 0.25) is 0 Å². The number of carboxylic acids is 1. The normalized spacial score (nSPS) is 21.2. The van der Waals surface area contributed by atoms with Crippen molar-refractivity contribution in [2.75, 3.05) is 6.54 Å². The van der Waals surface area contributed by atoms with Crippen LogP contribution in [0.5, 0.6) is 0 Å². The molecule has 3 rings (SSSR count). The highest BCUT2D eigenvalue weighted by Crippen LogP contribution is 2.49. The number of nitrogens with zero attached hydrogens (tertiary/aromatic N) is 1. The van der Waals surface area contributed by atoms with Crippen molar-refractivity contribution < 1.29 is 9.90 Å². The van der Waals surface area contributed by atoms with E-state index < -0.39 is 11.4 Å². The van der Waals surface area contributed by atoms with Gasteiger partial charge in [0.05, 0.1) is 5.41 Å². The van der Waals surface area contributed by atoms with E-state index in [-0.39, 0.29) is 0 Å². The summed E-state index contributed by atoms with van der Waals surface area (Å²) in [6, 6.07) is 6.24. The van der Waals surface area contributed by atoms with Crippen LogP contribution in [0, 0.1) is 0 Å². The minimum atomic E-state index is -0.664. The summed E-state index contributed by atoms with van der Waals surface area (Å²) >= 11 is 0. The first kappa shape index (κ1) is 10.8. The summed E-state index contributed by atoms with van der Waals surface area (Å²) < 4.78 is 0. The van der Waals surface area contributed by atoms with E-state index in [9.17, 15) is 9.90 Å². The van der Waals surface area contributed by atoms with Crippen LogP contribution in [0.1, 0.15) is 36.5 Å². The van der Waals surface area contributed by atoms with Crippen LogP contribution in [0.25, 0.3) is 0 Å². The molecule has 1 saturated carbocycles. The smallest absolute Gasteiger partial charge is 0.314 e. The zero-order valence-electron chi connectivity index (χ0n) is 10.1. The van der Waals surface area contributed by atoms with E-state index in [1.807, 2.05) is 6.07 Å². The number of hydrogen-bond donors (Lipinski definition) is 1. The molecule has 1 aliphatic carbocycles. The van der Waals surface area contributed by atoms with Gasteiger partial charge in [-0.25, -0.2) is 0 Å². The van der Waals surface area contributed by atoms with Crippen LogP contribution < -0.4 is 0 Å². The molecule has 0 bridgehead atoms. The third kappa shape index (κ3) is 1.57. The Labute approximate surface area is 101 Å². The minimum Gasteiger partial charge on any atom is -0.481 e. The second-order valence-corrected chi connectivity index (χ2v) is 5.17. The van der Waals surface area contributed by atoms with Crippen molar-refractivity contribution in [3.63, 3.8) is 0 Å². The fourth-order valence-electron chi connectivity index (χ4n) is 2.74. The number of hydrogen-bond acceptors (Lipinski definition) is 2. The van der Waals surface area contributed by atoms with Crippen molar-refractivity contribution in [2.24, 2.45) is 0 Å². The largest absolute Gasteiger partial charge is 0.481 e. The zero-order chi connectivity index (χ0) is 12.0. The predicted molar refractivity (Wildman–Crippen MR) is 64.8 cm³/mol. The Balaban J connectivity index is 1.94. The van der Waals surface area contributed by atoms with Gasteiger partial charge in [0.15, 0.2) is 0 Å². The Hall–Kier alpha value is -1.35. The van der Waals surface area contributed by atoms with E-state index in [1.165, 1.54) is 11.1 Å². The molecular formula is C14H17NO2.